The van der Waals surface area contributed by atoms with Crippen LogP contribution in [0.4, 0.5) is 0 Å². The molecule has 2 rings (SSSR count). The molecule has 1 aliphatic carbocycles. The molecule has 19 heavy (non-hydrogen) atoms. The predicted molar refractivity (Wildman–Crippen MR) is 75.2 cm³/mol. The third kappa shape index (κ3) is 5.33. The normalized spacial score (nSPS) is 16.3. The van der Waals surface area contributed by atoms with Crippen molar-refractivity contribution < 1.29 is 9.15 Å². The van der Waals surface area contributed by atoms with Crippen LogP contribution in [0.25, 0.3) is 0 Å². The number of hydrogen-bond donors (Lipinski definition) is 1. The molecular weight excluding hydrogens is 240 g/mol. The Morgan fingerprint density at radius 2 is 2.16 bits per heavy atom. The number of hydrogen-bond acceptors (Lipinski definition) is 4. The molecule has 1 saturated carbocycles. The Hall–Kier alpha value is -0.870. The summed E-state index contributed by atoms with van der Waals surface area (Å²) in [5, 5.41) is 3.30. The van der Waals surface area contributed by atoms with Gasteiger partial charge in [0.1, 0.15) is 5.76 Å². The minimum absolute atomic E-state index is 0.748. The molecule has 0 aliphatic heterocycles. The summed E-state index contributed by atoms with van der Waals surface area (Å²) in [5.74, 6) is 2.83. The lowest BCUT2D eigenvalue weighted by Gasteiger charge is -2.05. The Labute approximate surface area is 115 Å². The van der Waals surface area contributed by atoms with E-state index in [1.165, 1.54) is 32.1 Å². The first-order valence-electron chi connectivity index (χ1n) is 7.51. The number of oxazole rings is 1. The first kappa shape index (κ1) is 14.5. The van der Waals surface area contributed by atoms with Crippen molar-refractivity contribution in [2.24, 2.45) is 5.92 Å². The standard InChI is InChI=1S/C15H26N2O2/c1-18-11-10-16-9-8-15-17-12-14(19-15)7-6-13-4-2-3-5-13/h12-13,16H,2-11H2,1H3. The van der Waals surface area contributed by atoms with Crippen LogP contribution in [0.2, 0.25) is 0 Å². The molecule has 108 valence electrons. The number of nitrogens with one attached hydrogen (secondary N) is 1. The van der Waals surface area contributed by atoms with Crippen molar-refractivity contribution in [2.45, 2.75) is 44.9 Å². The van der Waals surface area contributed by atoms with Crippen LogP contribution in [0, 0.1) is 5.92 Å². The average Bonchev–Trinajstić information content (AvgIpc) is 3.07. The molecular formula is C15H26N2O2. The SMILES string of the molecule is COCCNCCc1ncc(CCC2CCCC2)o1. The molecule has 4 heteroatoms. The third-order valence-corrected chi connectivity index (χ3v) is 3.87. The second-order valence-electron chi connectivity index (χ2n) is 5.40. The summed E-state index contributed by atoms with van der Waals surface area (Å²) in [7, 11) is 1.71. The van der Waals surface area contributed by atoms with Gasteiger partial charge in [-0.05, 0) is 12.3 Å². The Morgan fingerprint density at radius 3 is 2.95 bits per heavy atom. The van der Waals surface area contributed by atoms with Crippen LogP contribution in [0.15, 0.2) is 10.6 Å². The van der Waals surface area contributed by atoms with E-state index in [0.717, 1.165) is 50.1 Å². The van der Waals surface area contributed by atoms with Crippen LogP contribution in [0.5, 0.6) is 0 Å². The second-order valence-corrected chi connectivity index (χ2v) is 5.40. The Kier molecular flexibility index (Phi) is 6.37. The topological polar surface area (TPSA) is 47.3 Å². The molecule has 1 aromatic heterocycles. The first-order valence-corrected chi connectivity index (χ1v) is 7.51. The lowest BCUT2D eigenvalue weighted by atomic mass is 10.0. The number of aromatic nitrogens is 1. The van der Waals surface area contributed by atoms with Crippen molar-refractivity contribution in [1.29, 1.82) is 0 Å². The Bertz CT molecular complexity index is 346. The molecule has 0 amide bonds. The highest BCUT2D eigenvalue weighted by molar-refractivity contribution is 4.95. The molecule has 0 atom stereocenters. The van der Waals surface area contributed by atoms with E-state index in [2.05, 4.69) is 10.3 Å². The maximum absolute atomic E-state index is 5.77. The lowest BCUT2D eigenvalue weighted by Crippen LogP contribution is -2.21. The van der Waals surface area contributed by atoms with E-state index in [1.54, 1.807) is 7.11 Å². The highest BCUT2D eigenvalue weighted by atomic mass is 16.5. The minimum atomic E-state index is 0.748. The number of rotatable bonds is 9. The summed E-state index contributed by atoms with van der Waals surface area (Å²) in [6.45, 7) is 2.52. The van der Waals surface area contributed by atoms with Gasteiger partial charge in [0.05, 0.1) is 12.8 Å². The molecule has 4 nitrogen and oxygen atoms in total. The van der Waals surface area contributed by atoms with E-state index in [4.69, 9.17) is 9.15 Å². The minimum Gasteiger partial charge on any atom is -0.446 e. The Morgan fingerprint density at radius 1 is 1.32 bits per heavy atom. The summed E-state index contributed by atoms with van der Waals surface area (Å²) in [6.07, 6.45) is 10.7. The average molecular weight is 266 g/mol. The molecule has 1 heterocycles. The van der Waals surface area contributed by atoms with Gasteiger partial charge in [0.15, 0.2) is 5.89 Å². The second kappa shape index (κ2) is 8.33. The van der Waals surface area contributed by atoms with Gasteiger partial charge in [-0.1, -0.05) is 25.7 Å². The van der Waals surface area contributed by atoms with Gasteiger partial charge in [-0.2, -0.15) is 0 Å². The summed E-state index contributed by atoms with van der Waals surface area (Å²) < 4.78 is 10.7. The molecule has 0 radical (unpaired) electrons. The molecule has 0 bridgehead atoms. The Balaban J connectivity index is 1.61. The highest BCUT2D eigenvalue weighted by Gasteiger charge is 2.15. The van der Waals surface area contributed by atoms with E-state index < -0.39 is 0 Å². The summed E-state index contributed by atoms with van der Waals surface area (Å²) in [6, 6.07) is 0. The largest absolute Gasteiger partial charge is 0.446 e. The van der Waals surface area contributed by atoms with Crippen LogP contribution in [0.3, 0.4) is 0 Å². The molecule has 1 aliphatic rings. The monoisotopic (exact) mass is 266 g/mol. The van der Waals surface area contributed by atoms with Gasteiger partial charge >= 0.3 is 0 Å². The van der Waals surface area contributed by atoms with Gasteiger partial charge in [0, 0.05) is 33.0 Å². The van der Waals surface area contributed by atoms with Crippen LogP contribution < -0.4 is 5.32 Å². The van der Waals surface area contributed by atoms with E-state index >= 15 is 0 Å². The van der Waals surface area contributed by atoms with E-state index in [9.17, 15) is 0 Å². The fourth-order valence-corrected chi connectivity index (χ4v) is 2.72. The van der Waals surface area contributed by atoms with Crippen LogP contribution in [-0.2, 0) is 17.6 Å². The molecule has 0 unspecified atom stereocenters. The summed E-state index contributed by atoms with van der Waals surface area (Å²) >= 11 is 0. The molecule has 0 spiro atoms. The predicted octanol–water partition coefficient (Wildman–Crippen LogP) is 2.58. The molecule has 1 fully saturated rings. The van der Waals surface area contributed by atoms with Crippen LogP contribution in [0.1, 0.15) is 43.8 Å². The van der Waals surface area contributed by atoms with Gasteiger partial charge in [0.25, 0.3) is 0 Å². The van der Waals surface area contributed by atoms with Gasteiger partial charge in [-0.3, -0.25) is 0 Å². The zero-order valence-electron chi connectivity index (χ0n) is 12.0. The molecule has 0 saturated heterocycles. The molecule has 1 aromatic rings. The fourth-order valence-electron chi connectivity index (χ4n) is 2.72. The number of ether oxygens (including phenoxy) is 1. The number of methoxy groups -OCH3 is 1. The maximum Gasteiger partial charge on any atom is 0.195 e. The van der Waals surface area contributed by atoms with E-state index in [-0.39, 0.29) is 0 Å². The van der Waals surface area contributed by atoms with Crippen LogP contribution in [-0.4, -0.2) is 31.8 Å². The quantitative estimate of drug-likeness (QED) is 0.698. The fraction of sp³-hybridized carbons (Fsp3) is 0.800. The first-order chi connectivity index (χ1) is 9.38. The summed E-state index contributed by atoms with van der Waals surface area (Å²) in [5.41, 5.74) is 0. The van der Waals surface area contributed by atoms with Crippen molar-refractivity contribution in [3.63, 3.8) is 0 Å². The van der Waals surface area contributed by atoms with Crippen molar-refractivity contribution in [2.75, 3.05) is 26.8 Å². The maximum atomic E-state index is 5.77. The third-order valence-electron chi connectivity index (χ3n) is 3.87. The molecule has 0 aromatic carbocycles. The molecule has 1 N–H and O–H groups in total. The van der Waals surface area contributed by atoms with E-state index in [1.807, 2.05) is 6.20 Å². The van der Waals surface area contributed by atoms with Gasteiger partial charge in [-0.15, -0.1) is 0 Å². The van der Waals surface area contributed by atoms with Crippen molar-refractivity contribution in [3.05, 3.63) is 17.8 Å². The lowest BCUT2D eigenvalue weighted by molar-refractivity contribution is 0.199. The summed E-state index contributed by atoms with van der Waals surface area (Å²) in [4.78, 5) is 4.34. The van der Waals surface area contributed by atoms with E-state index in [0.29, 0.717) is 0 Å². The smallest absolute Gasteiger partial charge is 0.195 e. The van der Waals surface area contributed by atoms with Crippen molar-refractivity contribution in [1.82, 2.24) is 10.3 Å². The van der Waals surface area contributed by atoms with Gasteiger partial charge in [-0.25, -0.2) is 4.98 Å². The number of aryl methyl sites for hydroxylation is 1. The van der Waals surface area contributed by atoms with Crippen molar-refractivity contribution >= 4 is 0 Å². The van der Waals surface area contributed by atoms with Crippen LogP contribution >= 0.6 is 0 Å². The van der Waals surface area contributed by atoms with Gasteiger partial charge in [0.2, 0.25) is 0 Å². The highest BCUT2D eigenvalue weighted by Crippen LogP contribution is 2.28. The van der Waals surface area contributed by atoms with Crippen molar-refractivity contribution in [3.8, 4) is 0 Å². The zero-order chi connectivity index (χ0) is 13.3. The number of nitrogens with zero attached hydrogens (tertiary/aromatic N) is 1. The zero-order valence-corrected chi connectivity index (χ0v) is 12.0. The van der Waals surface area contributed by atoms with Gasteiger partial charge < -0.3 is 14.5 Å².